The molecule has 0 saturated carbocycles. The molecule has 25 heavy (non-hydrogen) atoms. The van der Waals surface area contributed by atoms with Gasteiger partial charge in [0.2, 0.25) is 0 Å². The van der Waals surface area contributed by atoms with E-state index < -0.39 is 0 Å². The highest BCUT2D eigenvalue weighted by atomic mass is 15.1. The Bertz CT molecular complexity index is 930. The summed E-state index contributed by atoms with van der Waals surface area (Å²) in [6, 6.07) is 6.19. The van der Waals surface area contributed by atoms with Crippen LogP contribution in [0.3, 0.4) is 0 Å². The van der Waals surface area contributed by atoms with E-state index >= 15 is 0 Å². The lowest BCUT2D eigenvalue weighted by Crippen LogP contribution is -2.35. The first-order valence-corrected chi connectivity index (χ1v) is 8.92. The quantitative estimate of drug-likeness (QED) is 0.766. The van der Waals surface area contributed by atoms with Gasteiger partial charge in [0.15, 0.2) is 5.69 Å². The van der Waals surface area contributed by atoms with E-state index in [1.54, 1.807) is 12.4 Å². The van der Waals surface area contributed by atoms with Crippen LogP contribution in [0, 0.1) is 17.2 Å². The highest BCUT2D eigenvalue weighted by Crippen LogP contribution is 2.32. The van der Waals surface area contributed by atoms with Crippen LogP contribution in [0.15, 0.2) is 24.5 Å². The molecular formula is C19H22N6. The van der Waals surface area contributed by atoms with Crippen molar-refractivity contribution in [2.45, 2.75) is 19.8 Å². The van der Waals surface area contributed by atoms with Crippen LogP contribution in [0.4, 0.5) is 5.69 Å². The maximum Gasteiger partial charge on any atom is 0.164 e. The first-order valence-electron chi connectivity index (χ1n) is 8.92. The molecule has 0 aromatic carbocycles. The summed E-state index contributed by atoms with van der Waals surface area (Å²) in [5.41, 5.74) is 3.02. The Labute approximate surface area is 146 Å². The Kier molecular flexibility index (Phi) is 4.24. The van der Waals surface area contributed by atoms with Crippen LogP contribution in [0.25, 0.3) is 21.9 Å². The lowest BCUT2D eigenvalue weighted by Gasteiger charge is -2.31. The number of nitrogens with one attached hydrogen (secondary N) is 2. The van der Waals surface area contributed by atoms with Gasteiger partial charge < -0.3 is 15.2 Å². The van der Waals surface area contributed by atoms with Gasteiger partial charge in [-0.15, -0.1) is 0 Å². The van der Waals surface area contributed by atoms with Crippen molar-refractivity contribution in [2.24, 2.45) is 5.92 Å². The zero-order valence-electron chi connectivity index (χ0n) is 14.4. The van der Waals surface area contributed by atoms with Crippen LogP contribution >= 0.6 is 0 Å². The maximum absolute atomic E-state index is 9.51. The van der Waals surface area contributed by atoms with Crippen LogP contribution in [-0.2, 0) is 0 Å². The molecule has 0 unspecified atom stereocenters. The van der Waals surface area contributed by atoms with Crippen LogP contribution in [-0.4, -0.2) is 46.0 Å². The molecule has 4 rings (SSSR count). The molecule has 0 spiro atoms. The van der Waals surface area contributed by atoms with Crippen molar-refractivity contribution in [2.75, 3.05) is 31.5 Å². The predicted molar refractivity (Wildman–Crippen MR) is 99.4 cm³/mol. The van der Waals surface area contributed by atoms with E-state index in [4.69, 9.17) is 0 Å². The zero-order valence-corrected chi connectivity index (χ0v) is 14.4. The fraction of sp³-hybridized carbons (Fsp3) is 0.421. The number of anilines is 1. The fourth-order valence-electron chi connectivity index (χ4n) is 3.73. The van der Waals surface area contributed by atoms with Gasteiger partial charge in [0.25, 0.3) is 0 Å². The van der Waals surface area contributed by atoms with Gasteiger partial charge in [-0.05, 0) is 50.5 Å². The molecule has 1 aliphatic heterocycles. The van der Waals surface area contributed by atoms with E-state index in [9.17, 15) is 5.26 Å². The van der Waals surface area contributed by atoms with E-state index in [-0.39, 0.29) is 0 Å². The van der Waals surface area contributed by atoms with Crippen molar-refractivity contribution in [1.82, 2.24) is 19.9 Å². The van der Waals surface area contributed by atoms with Crippen molar-refractivity contribution in [3.63, 3.8) is 0 Å². The highest BCUT2D eigenvalue weighted by Gasteiger charge is 2.20. The summed E-state index contributed by atoms with van der Waals surface area (Å²) in [7, 11) is 0. The van der Waals surface area contributed by atoms with E-state index in [1.165, 1.54) is 12.8 Å². The molecule has 0 radical (unpaired) electrons. The second kappa shape index (κ2) is 6.69. The molecule has 2 N–H and O–H groups in total. The molecule has 0 aliphatic carbocycles. The minimum absolute atomic E-state index is 0.447. The second-order valence-corrected chi connectivity index (χ2v) is 6.67. The van der Waals surface area contributed by atoms with Gasteiger partial charge in [-0.1, -0.05) is 6.92 Å². The summed E-state index contributed by atoms with van der Waals surface area (Å²) in [5.74, 6) is 0.632. The number of nitriles is 1. The van der Waals surface area contributed by atoms with Crippen LogP contribution < -0.4 is 5.32 Å². The Morgan fingerprint density at radius 2 is 2.20 bits per heavy atom. The number of pyridine rings is 2. The molecule has 6 nitrogen and oxygen atoms in total. The lowest BCUT2D eigenvalue weighted by molar-refractivity contribution is 0.198. The first-order chi connectivity index (χ1) is 12.3. The predicted octanol–water partition coefficient (Wildman–Crippen LogP) is 3.13. The van der Waals surface area contributed by atoms with Gasteiger partial charge in [0, 0.05) is 23.5 Å². The molecule has 3 aromatic heterocycles. The van der Waals surface area contributed by atoms with E-state index in [0.29, 0.717) is 11.6 Å². The third kappa shape index (κ3) is 2.92. The number of fused-ring (bicyclic) bond motifs is 3. The number of piperidine rings is 1. The smallest absolute Gasteiger partial charge is 0.164 e. The number of rotatable bonds is 4. The number of hydrogen-bond acceptors (Lipinski definition) is 5. The molecule has 4 heterocycles. The van der Waals surface area contributed by atoms with E-state index in [0.717, 1.165) is 53.8 Å². The van der Waals surface area contributed by atoms with Crippen molar-refractivity contribution >= 4 is 27.6 Å². The second-order valence-electron chi connectivity index (χ2n) is 6.67. The van der Waals surface area contributed by atoms with Crippen LogP contribution in [0.5, 0.6) is 0 Å². The molecule has 0 amide bonds. The van der Waals surface area contributed by atoms with E-state index in [1.807, 2.05) is 12.1 Å². The lowest BCUT2D eigenvalue weighted by atomic mass is 9.96. The average molecular weight is 334 g/mol. The summed E-state index contributed by atoms with van der Waals surface area (Å²) in [4.78, 5) is 14.5. The molecule has 0 bridgehead atoms. The third-order valence-electron chi connectivity index (χ3n) is 5.24. The minimum Gasteiger partial charge on any atom is -0.382 e. The van der Waals surface area contributed by atoms with Crippen molar-refractivity contribution in [3.8, 4) is 6.07 Å². The first kappa shape index (κ1) is 15.9. The van der Waals surface area contributed by atoms with Crippen molar-refractivity contribution in [1.29, 1.82) is 5.26 Å². The molecule has 0 atom stereocenters. The van der Waals surface area contributed by atoms with Crippen molar-refractivity contribution < 1.29 is 0 Å². The Morgan fingerprint density at radius 1 is 1.36 bits per heavy atom. The number of aromatic nitrogens is 3. The topological polar surface area (TPSA) is 80.6 Å². The van der Waals surface area contributed by atoms with Crippen molar-refractivity contribution in [3.05, 3.63) is 30.2 Å². The molecule has 1 aliphatic rings. The summed E-state index contributed by atoms with van der Waals surface area (Å²) < 4.78 is 0. The molecule has 1 fully saturated rings. The number of aromatic amines is 1. The van der Waals surface area contributed by atoms with E-state index in [2.05, 4.69) is 38.2 Å². The molecule has 3 aromatic rings. The Hall–Kier alpha value is -2.65. The Morgan fingerprint density at radius 3 is 2.96 bits per heavy atom. The van der Waals surface area contributed by atoms with Gasteiger partial charge in [0.05, 0.1) is 17.4 Å². The number of nitrogens with zero attached hydrogens (tertiary/aromatic N) is 4. The number of H-pyrrole nitrogens is 1. The van der Waals surface area contributed by atoms with Gasteiger partial charge >= 0.3 is 0 Å². The summed E-state index contributed by atoms with van der Waals surface area (Å²) in [6.07, 6.45) is 5.88. The average Bonchev–Trinajstić information content (AvgIpc) is 3.05. The maximum atomic E-state index is 9.51. The molecule has 1 saturated heterocycles. The molecule has 128 valence electrons. The highest BCUT2D eigenvalue weighted by molar-refractivity contribution is 6.12. The molecular weight excluding hydrogens is 312 g/mol. The normalized spacial score (nSPS) is 16.3. The Balaban J connectivity index is 1.65. The number of likely N-dealkylation sites (tertiary alicyclic amines) is 1. The standard InChI is InChI=1S/C19H22N6/c1-2-25-8-5-13(6-9-25)11-23-18-15(10-20)22-12-16-17(18)14-4-3-7-21-19(14)24-16/h3-4,7,12-13,23H,2,5-6,8-9,11H2,1H3,(H,21,24). The van der Waals surface area contributed by atoms with Gasteiger partial charge in [-0.3, -0.25) is 0 Å². The summed E-state index contributed by atoms with van der Waals surface area (Å²) in [6.45, 7) is 6.54. The van der Waals surface area contributed by atoms with Gasteiger partial charge in [-0.25, -0.2) is 9.97 Å². The van der Waals surface area contributed by atoms with Crippen LogP contribution in [0.1, 0.15) is 25.5 Å². The molecule has 6 heteroatoms. The van der Waals surface area contributed by atoms with Crippen LogP contribution in [0.2, 0.25) is 0 Å². The summed E-state index contributed by atoms with van der Waals surface area (Å²) in [5, 5.41) is 15.1. The third-order valence-corrected chi connectivity index (χ3v) is 5.24. The van der Waals surface area contributed by atoms with Gasteiger partial charge in [0.1, 0.15) is 11.7 Å². The minimum atomic E-state index is 0.447. The fourth-order valence-corrected chi connectivity index (χ4v) is 3.73. The SMILES string of the molecule is CCN1CCC(CNc2c(C#N)ncc3[nH]c4ncccc4c23)CC1. The monoisotopic (exact) mass is 334 g/mol. The largest absolute Gasteiger partial charge is 0.382 e. The summed E-state index contributed by atoms with van der Waals surface area (Å²) >= 11 is 0. The number of hydrogen-bond donors (Lipinski definition) is 2. The van der Waals surface area contributed by atoms with Gasteiger partial charge in [-0.2, -0.15) is 5.26 Å². The zero-order chi connectivity index (χ0) is 17.2.